The molecule has 4 heteroatoms. The van der Waals surface area contributed by atoms with Gasteiger partial charge in [-0.25, -0.2) is 0 Å². The minimum Gasteiger partial charge on any atom is -0.343 e. The number of amides is 1. The van der Waals surface area contributed by atoms with Gasteiger partial charge >= 0.3 is 0 Å². The third-order valence-electron chi connectivity index (χ3n) is 5.35. The van der Waals surface area contributed by atoms with Gasteiger partial charge in [-0.3, -0.25) is 4.79 Å². The SMILES string of the molecule is CCN(CC)C(=O)CCCCCC([SiH2]c1ccccc1)[SiH2]c1ccccc1. The summed E-state index contributed by atoms with van der Waals surface area (Å²) in [6.45, 7) is 5.80. The zero-order valence-electron chi connectivity index (χ0n) is 17.1. The molecule has 0 aliphatic heterocycles. The van der Waals surface area contributed by atoms with E-state index in [4.69, 9.17) is 0 Å². The zero-order valence-corrected chi connectivity index (χ0v) is 19.9. The largest absolute Gasteiger partial charge is 0.343 e. The Hall–Kier alpha value is -1.66. The first-order valence-electron chi connectivity index (χ1n) is 10.6. The number of nitrogens with zero attached hydrogens (tertiary/aromatic N) is 1. The third kappa shape index (κ3) is 8.27. The normalized spacial score (nSPS) is 12.8. The first-order valence-corrected chi connectivity index (χ1v) is 13.6. The maximum atomic E-state index is 12.1. The predicted molar refractivity (Wildman–Crippen MR) is 124 cm³/mol. The molecule has 0 aliphatic rings. The van der Waals surface area contributed by atoms with Gasteiger partial charge in [-0.15, -0.1) is 0 Å². The lowest BCUT2D eigenvalue weighted by atomic mass is 10.1. The number of unbranched alkanes of at least 4 members (excludes halogenated alkanes) is 2. The van der Waals surface area contributed by atoms with Gasteiger partial charge < -0.3 is 4.90 Å². The average Bonchev–Trinajstić information content (AvgIpc) is 2.70. The zero-order chi connectivity index (χ0) is 19.3. The molecule has 27 heavy (non-hydrogen) atoms. The molecule has 2 aromatic carbocycles. The highest BCUT2D eigenvalue weighted by atomic mass is 28.3. The maximum Gasteiger partial charge on any atom is 0.222 e. The van der Waals surface area contributed by atoms with Gasteiger partial charge in [-0.2, -0.15) is 0 Å². The molecule has 146 valence electrons. The molecule has 0 spiro atoms. The molecule has 0 atom stereocenters. The molecule has 2 nitrogen and oxygen atoms in total. The van der Waals surface area contributed by atoms with E-state index in [1.165, 1.54) is 19.3 Å². The van der Waals surface area contributed by atoms with E-state index < -0.39 is 0 Å². The fourth-order valence-corrected chi connectivity index (χ4v) is 9.78. The van der Waals surface area contributed by atoms with Crippen LogP contribution in [0.3, 0.4) is 0 Å². The second kappa shape index (κ2) is 12.7. The summed E-state index contributed by atoms with van der Waals surface area (Å²) in [4.78, 5) is 14.1. The summed E-state index contributed by atoms with van der Waals surface area (Å²) < 4.78 is 0. The summed E-state index contributed by atoms with van der Waals surface area (Å²) in [5, 5.41) is 4.14. The molecule has 0 saturated heterocycles. The fourth-order valence-electron chi connectivity index (χ4n) is 3.79. The van der Waals surface area contributed by atoms with Gasteiger partial charge in [0.15, 0.2) is 0 Å². The smallest absolute Gasteiger partial charge is 0.222 e. The van der Waals surface area contributed by atoms with Crippen molar-refractivity contribution >= 4 is 35.3 Å². The van der Waals surface area contributed by atoms with Crippen LogP contribution in [0.5, 0.6) is 0 Å². The second-order valence-corrected chi connectivity index (χ2v) is 13.3. The maximum absolute atomic E-state index is 12.1. The van der Waals surface area contributed by atoms with E-state index >= 15 is 0 Å². The Morgan fingerprint density at radius 1 is 0.815 bits per heavy atom. The van der Waals surface area contributed by atoms with Gasteiger partial charge in [0, 0.05) is 19.5 Å². The van der Waals surface area contributed by atoms with Gasteiger partial charge in [-0.1, -0.05) is 95.5 Å². The van der Waals surface area contributed by atoms with Crippen molar-refractivity contribution in [1.82, 2.24) is 4.90 Å². The van der Waals surface area contributed by atoms with Crippen LogP contribution < -0.4 is 10.4 Å². The second-order valence-electron chi connectivity index (χ2n) is 7.41. The van der Waals surface area contributed by atoms with Gasteiger partial charge in [0.1, 0.15) is 0 Å². The van der Waals surface area contributed by atoms with Gasteiger partial charge in [0.25, 0.3) is 0 Å². The van der Waals surface area contributed by atoms with Crippen molar-refractivity contribution in [3.05, 3.63) is 60.7 Å². The van der Waals surface area contributed by atoms with Crippen LogP contribution in [0.4, 0.5) is 0 Å². The monoisotopic (exact) mass is 397 g/mol. The Bertz CT molecular complexity index is 602. The van der Waals surface area contributed by atoms with Gasteiger partial charge in [-0.05, 0) is 20.3 Å². The lowest BCUT2D eigenvalue weighted by Gasteiger charge is -2.19. The minimum absolute atomic E-state index is 0.225. The van der Waals surface area contributed by atoms with Gasteiger partial charge in [0.05, 0.1) is 19.0 Å². The third-order valence-corrected chi connectivity index (χ3v) is 10.9. The number of carbonyl (C=O) groups is 1. The molecule has 0 unspecified atom stereocenters. The van der Waals surface area contributed by atoms with E-state index in [2.05, 4.69) is 74.5 Å². The van der Waals surface area contributed by atoms with Crippen molar-refractivity contribution < 1.29 is 4.79 Å². The van der Waals surface area contributed by atoms with Crippen molar-refractivity contribution in [2.45, 2.75) is 51.1 Å². The molecule has 1 amide bonds. The Kier molecular flexibility index (Phi) is 10.2. The van der Waals surface area contributed by atoms with E-state index in [-0.39, 0.29) is 19.0 Å². The molecule has 0 heterocycles. The molecule has 0 bridgehead atoms. The number of benzene rings is 2. The lowest BCUT2D eigenvalue weighted by Crippen LogP contribution is -2.30. The fraction of sp³-hybridized carbons (Fsp3) is 0.435. The highest BCUT2D eigenvalue weighted by Crippen LogP contribution is 2.15. The average molecular weight is 398 g/mol. The number of carbonyl (C=O) groups excluding carboxylic acids is 1. The lowest BCUT2D eigenvalue weighted by molar-refractivity contribution is -0.130. The van der Waals surface area contributed by atoms with Crippen LogP contribution in [0.1, 0.15) is 46.0 Å². The number of rotatable bonds is 12. The van der Waals surface area contributed by atoms with Crippen LogP contribution in [-0.2, 0) is 4.79 Å². The van der Waals surface area contributed by atoms with Crippen molar-refractivity contribution in [2.75, 3.05) is 13.1 Å². The van der Waals surface area contributed by atoms with Crippen molar-refractivity contribution in [3.63, 3.8) is 0 Å². The van der Waals surface area contributed by atoms with Crippen LogP contribution in [0.15, 0.2) is 60.7 Å². The first-order chi connectivity index (χ1) is 13.2. The summed E-state index contributed by atoms with van der Waals surface area (Å²) >= 11 is 0. The van der Waals surface area contributed by atoms with Crippen LogP contribution in [0.25, 0.3) is 0 Å². The highest BCUT2D eigenvalue weighted by Gasteiger charge is 2.13. The summed E-state index contributed by atoms with van der Waals surface area (Å²) in [5.74, 6) is 0.328. The first kappa shape index (κ1) is 21.6. The highest BCUT2D eigenvalue weighted by molar-refractivity contribution is 6.73. The number of hydrogen-bond donors (Lipinski definition) is 0. The summed E-state index contributed by atoms with van der Waals surface area (Å²) in [6.07, 6.45) is 5.58. The Morgan fingerprint density at radius 3 is 1.81 bits per heavy atom. The summed E-state index contributed by atoms with van der Waals surface area (Å²) in [5.41, 5.74) is 0. The Labute approximate surface area is 170 Å². The topological polar surface area (TPSA) is 20.3 Å². The minimum atomic E-state index is -0.225. The van der Waals surface area contributed by atoms with E-state index in [9.17, 15) is 4.79 Å². The van der Waals surface area contributed by atoms with Crippen molar-refractivity contribution in [1.29, 1.82) is 0 Å². The standard InChI is InChI=1S/C23H35NOSi2/c1-3-24(4-2)22(25)18-12-7-13-19-23(26-20-14-8-5-9-15-20)27-21-16-10-6-11-17-21/h5-6,8-11,14-17,23H,3-4,7,12-13,18-19,26-27H2,1-2H3. The molecule has 0 saturated carbocycles. The molecule has 0 aromatic heterocycles. The molecule has 0 N–H and O–H groups in total. The molecule has 0 aliphatic carbocycles. The number of hydrogen-bond acceptors (Lipinski definition) is 1. The van der Waals surface area contributed by atoms with Crippen LogP contribution in [0, 0.1) is 0 Å². The summed E-state index contributed by atoms with van der Waals surface area (Å²) in [7, 11) is -0.450. The van der Waals surface area contributed by atoms with Crippen LogP contribution in [0.2, 0.25) is 5.16 Å². The molecule has 0 fully saturated rings. The van der Waals surface area contributed by atoms with Crippen LogP contribution >= 0.6 is 0 Å². The molecule has 2 rings (SSSR count). The molecule has 2 aromatic rings. The van der Waals surface area contributed by atoms with Crippen molar-refractivity contribution in [3.8, 4) is 0 Å². The summed E-state index contributed by atoms with van der Waals surface area (Å²) in [6, 6.07) is 22.3. The predicted octanol–water partition coefficient (Wildman–Crippen LogP) is 2.54. The Morgan fingerprint density at radius 2 is 1.33 bits per heavy atom. The quantitative estimate of drug-likeness (QED) is 0.398. The van der Waals surface area contributed by atoms with Gasteiger partial charge in [0.2, 0.25) is 5.91 Å². The van der Waals surface area contributed by atoms with E-state index in [0.29, 0.717) is 5.91 Å². The molecule has 0 radical (unpaired) electrons. The molecular weight excluding hydrogens is 362 g/mol. The van der Waals surface area contributed by atoms with E-state index in [0.717, 1.165) is 31.1 Å². The Balaban J connectivity index is 1.80. The van der Waals surface area contributed by atoms with E-state index in [1.54, 1.807) is 10.4 Å². The van der Waals surface area contributed by atoms with Crippen LogP contribution in [-0.4, -0.2) is 42.9 Å². The van der Waals surface area contributed by atoms with E-state index in [1.807, 2.05) is 4.90 Å². The van der Waals surface area contributed by atoms with Crippen molar-refractivity contribution in [2.24, 2.45) is 0 Å². The molecular formula is C23H35NOSi2.